The Bertz CT molecular complexity index is 438. The second kappa shape index (κ2) is 3.59. The summed E-state index contributed by atoms with van der Waals surface area (Å²) in [6, 6.07) is 5.92. The first-order valence-electron chi connectivity index (χ1n) is 5.53. The molecule has 0 unspecified atom stereocenters. The minimum Gasteiger partial charge on any atom is -0.395 e. The SMILES string of the molecule is Cc1cccc2c1C(C)(C)C(=O)N2CCO. The van der Waals surface area contributed by atoms with Crippen molar-refractivity contribution in [2.45, 2.75) is 26.2 Å². The third-order valence-electron chi connectivity index (χ3n) is 3.27. The highest BCUT2D eigenvalue weighted by Gasteiger charge is 2.44. The van der Waals surface area contributed by atoms with Crippen LogP contribution >= 0.6 is 0 Å². The van der Waals surface area contributed by atoms with Gasteiger partial charge >= 0.3 is 0 Å². The van der Waals surface area contributed by atoms with Gasteiger partial charge in [0.1, 0.15) is 0 Å². The molecule has 0 atom stereocenters. The second-order valence-electron chi connectivity index (χ2n) is 4.77. The lowest BCUT2D eigenvalue weighted by Gasteiger charge is -2.19. The molecule has 3 nitrogen and oxygen atoms in total. The molecule has 16 heavy (non-hydrogen) atoms. The van der Waals surface area contributed by atoms with Crippen LogP contribution in [0.5, 0.6) is 0 Å². The van der Waals surface area contributed by atoms with Gasteiger partial charge in [-0.1, -0.05) is 12.1 Å². The van der Waals surface area contributed by atoms with Crippen molar-refractivity contribution < 1.29 is 9.90 Å². The molecule has 0 aromatic heterocycles. The van der Waals surface area contributed by atoms with E-state index in [1.54, 1.807) is 4.90 Å². The number of aliphatic hydroxyl groups excluding tert-OH is 1. The fourth-order valence-electron chi connectivity index (χ4n) is 2.57. The molecule has 0 radical (unpaired) electrons. The number of hydrogen-bond donors (Lipinski definition) is 1. The van der Waals surface area contributed by atoms with Crippen LogP contribution in [-0.4, -0.2) is 24.2 Å². The standard InChI is InChI=1S/C13H17NO2/c1-9-5-4-6-10-11(9)13(2,3)12(16)14(10)7-8-15/h4-6,15H,7-8H2,1-3H3. The molecule has 1 aromatic rings. The Balaban J connectivity index is 2.60. The van der Waals surface area contributed by atoms with Crippen molar-refractivity contribution in [2.75, 3.05) is 18.1 Å². The van der Waals surface area contributed by atoms with E-state index in [-0.39, 0.29) is 12.5 Å². The Labute approximate surface area is 95.7 Å². The lowest BCUT2D eigenvalue weighted by atomic mass is 9.83. The van der Waals surface area contributed by atoms with Crippen LogP contribution < -0.4 is 4.90 Å². The first kappa shape index (κ1) is 11.1. The van der Waals surface area contributed by atoms with Crippen molar-refractivity contribution in [2.24, 2.45) is 0 Å². The molecule has 1 aromatic carbocycles. The molecule has 0 saturated heterocycles. The van der Waals surface area contributed by atoms with Gasteiger partial charge in [-0.2, -0.15) is 0 Å². The Hall–Kier alpha value is -1.35. The zero-order valence-electron chi connectivity index (χ0n) is 9.95. The summed E-state index contributed by atoms with van der Waals surface area (Å²) in [5, 5.41) is 9.02. The van der Waals surface area contributed by atoms with Gasteiger partial charge in [0, 0.05) is 12.2 Å². The summed E-state index contributed by atoms with van der Waals surface area (Å²) in [6.07, 6.45) is 0. The molecule has 0 spiro atoms. The van der Waals surface area contributed by atoms with Gasteiger partial charge in [-0.3, -0.25) is 4.79 Å². The van der Waals surface area contributed by atoms with Crippen molar-refractivity contribution in [3.63, 3.8) is 0 Å². The number of anilines is 1. The molecule has 1 aliphatic heterocycles. The Kier molecular flexibility index (Phi) is 2.50. The van der Waals surface area contributed by atoms with Gasteiger partial charge in [-0.15, -0.1) is 0 Å². The summed E-state index contributed by atoms with van der Waals surface area (Å²) in [7, 11) is 0. The highest BCUT2D eigenvalue weighted by molar-refractivity contribution is 6.08. The van der Waals surface area contributed by atoms with Crippen molar-refractivity contribution in [1.29, 1.82) is 0 Å². The topological polar surface area (TPSA) is 40.5 Å². The van der Waals surface area contributed by atoms with Crippen LogP contribution in [0.4, 0.5) is 5.69 Å². The number of aryl methyl sites for hydroxylation is 1. The molecule has 2 rings (SSSR count). The lowest BCUT2D eigenvalue weighted by Crippen LogP contribution is -2.37. The smallest absolute Gasteiger partial charge is 0.237 e. The summed E-state index contributed by atoms with van der Waals surface area (Å²) in [4.78, 5) is 13.9. The summed E-state index contributed by atoms with van der Waals surface area (Å²) in [5.74, 6) is 0.0749. The maximum absolute atomic E-state index is 12.2. The van der Waals surface area contributed by atoms with Crippen LogP contribution in [0.3, 0.4) is 0 Å². The van der Waals surface area contributed by atoms with E-state index in [0.717, 1.165) is 16.8 Å². The first-order chi connectivity index (χ1) is 7.50. The minimum atomic E-state index is -0.476. The average Bonchev–Trinajstić information content (AvgIpc) is 2.41. The van der Waals surface area contributed by atoms with E-state index in [1.807, 2.05) is 39.0 Å². The van der Waals surface area contributed by atoms with E-state index in [9.17, 15) is 4.79 Å². The van der Waals surface area contributed by atoms with Gasteiger partial charge < -0.3 is 10.0 Å². The van der Waals surface area contributed by atoms with Crippen molar-refractivity contribution >= 4 is 11.6 Å². The molecule has 3 heteroatoms. The molecule has 0 fully saturated rings. The molecule has 1 heterocycles. The first-order valence-corrected chi connectivity index (χ1v) is 5.53. The number of rotatable bonds is 2. The molecular formula is C13H17NO2. The Morgan fingerprint density at radius 2 is 2.06 bits per heavy atom. The van der Waals surface area contributed by atoms with E-state index in [0.29, 0.717) is 6.54 Å². The number of hydrogen-bond acceptors (Lipinski definition) is 2. The highest BCUT2D eigenvalue weighted by atomic mass is 16.3. The van der Waals surface area contributed by atoms with E-state index >= 15 is 0 Å². The molecule has 1 amide bonds. The monoisotopic (exact) mass is 219 g/mol. The quantitative estimate of drug-likeness (QED) is 0.821. The van der Waals surface area contributed by atoms with Gasteiger partial charge in [0.05, 0.1) is 12.0 Å². The molecule has 86 valence electrons. The summed E-state index contributed by atoms with van der Waals surface area (Å²) in [6.45, 7) is 6.28. The van der Waals surface area contributed by atoms with Crippen LogP contribution in [0, 0.1) is 6.92 Å². The van der Waals surface area contributed by atoms with Gasteiger partial charge in [-0.05, 0) is 38.0 Å². The van der Waals surface area contributed by atoms with Crippen molar-refractivity contribution in [3.8, 4) is 0 Å². The maximum atomic E-state index is 12.2. The number of benzene rings is 1. The van der Waals surface area contributed by atoms with Crippen LogP contribution in [-0.2, 0) is 10.2 Å². The van der Waals surface area contributed by atoms with E-state index in [1.165, 1.54) is 0 Å². The number of β-amino-alcohol motifs (C(OH)–C–C–N with tert-alkyl or cyclic N) is 1. The minimum absolute atomic E-state index is 0.00476. The fraction of sp³-hybridized carbons (Fsp3) is 0.462. The zero-order valence-corrected chi connectivity index (χ0v) is 9.95. The van der Waals surface area contributed by atoms with Gasteiger partial charge in [-0.25, -0.2) is 0 Å². The molecule has 0 saturated carbocycles. The van der Waals surface area contributed by atoms with Crippen molar-refractivity contribution in [1.82, 2.24) is 0 Å². The number of amides is 1. The maximum Gasteiger partial charge on any atom is 0.237 e. The molecule has 0 aliphatic carbocycles. The summed E-state index contributed by atoms with van der Waals surface area (Å²) in [5.41, 5.74) is 2.70. The van der Waals surface area contributed by atoms with Gasteiger partial charge in [0.15, 0.2) is 0 Å². The zero-order chi connectivity index (χ0) is 11.9. The normalized spacial score (nSPS) is 17.8. The van der Waals surface area contributed by atoms with E-state index in [2.05, 4.69) is 0 Å². The molecule has 1 aliphatic rings. The third-order valence-corrected chi connectivity index (χ3v) is 3.27. The van der Waals surface area contributed by atoms with Crippen LogP contribution in [0.25, 0.3) is 0 Å². The predicted molar refractivity (Wildman–Crippen MR) is 63.6 cm³/mol. The van der Waals surface area contributed by atoms with E-state index < -0.39 is 5.41 Å². The second-order valence-corrected chi connectivity index (χ2v) is 4.77. The number of aliphatic hydroxyl groups is 1. The van der Waals surface area contributed by atoms with Gasteiger partial charge in [0.2, 0.25) is 5.91 Å². The summed E-state index contributed by atoms with van der Waals surface area (Å²) < 4.78 is 0. The molecular weight excluding hydrogens is 202 g/mol. The summed E-state index contributed by atoms with van der Waals surface area (Å²) >= 11 is 0. The number of fused-ring (bicyclic) bond motifs is 1. The van der Waals surface area contributed by atoms with Crippen molar-refractivity contribution in [3.05, 3.63) is 29.3 Å². The number of carbonyl (C=O) groups excluding carboxylic acids is 1. The Morgan fingerprint density at radius 3 is 2.69 bits per heavy atom. The predicted octanol–water partition coefficient (Wildman–Crippen LogP) is 1.61. The van der Waals surface area contributed by atoms with Crippen LogP contribution in [0.1, 0.15) is 25.0 Å². The molecule has 1 N–H and O–H groups in total. The Morgan fingerprint density at radius 1 is 1.38 bits per heavy atom. The highest BCUT2D eigenvalue weighted by Crippen LogP contribution is 2.42. The number of carbonyl (C=O) groups is 1. The average molecular weight is 219 g/mol. The fourth-order valence-corrected chi connectivity index (χ4v) is 2.57. The largest absolute Gasteiger partial charge is 0.395 e. The van der Waals surface area contributed by atoms with Gasteiger partial charge in [0.25, 0.3) is 0 Å². The van der Waals surface area contributed by atoms with E-state index in [4.69, 9.17) is 5.11 Å². The lowest BCUT2D eigenvalue weighted by molar-refractivity contribution is -0.122. The van der Waals surface area contributed by atoms with Crippen LogP contribution in [0.15, 0.2) is 18.2 Å². The number of nitrogens with zero attached hydrogens (tertiary/aromatic N) is 1. The molecule has 0 bridgehead atoms. The van der Waals surface area contributed by atoms with Crippen LogP contribution in [0.2, 0.25) is 0 Å². The third kappa shape index (κ3) is 1.35.